The smallest absolute Gasteiger partial charge is 0.433 e. The van der Waals surface area contributed by atoms with Gasteiger partial charge >= 0.3 is 18.2 Å². The number of anilines is 1. The molecule has 8 nitrogen and oxygen atoms in total. The zero-order valence-electron chi connectivity index (χ0n) is 15.1. The molecule has 1 saturated heterocycles. The summed E-state index contributed by atoms with van der Waals surface area (Å²) in [4.78, 5) is 34.0. The molecule has 1 atom stereocenters. The van der Waals surface area contributed by atoms with Crippen molar-refractivity contribution in [2.24, 2.45) is 0 Å². The Morgan fingerprint density at radius 1 is 1.26 bits per heavy atom. The van der Waals surface area contributed by atoms with Gasteiger partial charge in [0, 0.05) is 31.9 Å². The maximum absolute atomic E-state index is 12.9. The highest BCUT2D eigenvalue weighted by Gasteiger charge is 2.34. The Balaban J connectivity index is 2.00. The SMILES string of the molecule is CCCC(NC(=O)N1CCN(c2nc(C)cc(C(F)(F)F)n2)CC1)C(=O)O. The third kappa shape index (κ3) is 5.44. The number of carboxylic acids is 1. The van der Waals surface area contributed by atoms with E-state index in [0.717, 1.165) is 6.07 Å². The van der Waals surface area contributed by atoms with Crippen LogP contribution in [-0.2, 0) is 11.0 Å². The molecular formula is C16H22F3N5O3. The summed E-state index contributed by atoms with van der Waals surface area (Å²) in [5.74, 6) is -1.13. The number of amides is 2. The molecule has 2 heterocycles. The third-order valence-electron chi connectivity index (χ3n) is 4.16. The van der Waals surface area contributed by atoms with E-state index in [2.05, 4.69) is 15.3 Å². The number of carbonyl (C=O) groups excluding carboxylic acids is 1. The molecule has 0 radical (unpaired) electrons. The fourth-order valence-electron chi connectivity index (χ4n) is 2.74. The maximum atomic E-state index is 12.9. The predicted octanol–water partition coefficient (Wildman–Crippen LogP) is 1.89. The molecule has 0 bridgehead atoms. The van der Waals surface area contributed by atoms with E-state index < -0.39 is 29.9 Å². The number of hydrogen-bond acceptors (Lipinski definition) is 5. The van der Waals surface area contributed by atoms with Crippen LogP contribution in [-0.4, -0.2) is 64.2 Å². The lowest BCUT2D eigenvalue weighted by molar-refractivity contribution is -0.141. The highest BCUT2D eigenvalue weighted by Crippen LogP contribution is 2.29. The molecule has 27 heavy (non-hydrogen) atoms. The van der Waals surface area contributed by atoms with E-state index in [1.54, 1.807) is 4.90 Å². The molecule has 11 heteroatoms. The summed E-state index contributed by atoms with van der Waals surface area (Å²) in [6.07, 6.45) is -3.63. The van der Waals surface area contributed by atoms with Gasteiger partial charge in [-0.2, -0.15) is 13.2 Å². The van der Waals surface area contributed by atoms with Crippen molar-refractivity contribution in [3.8, 4) is 0 Å². The standard InChI is InChI=1S/C16H22F3N5O3/c1-3-4-11(13(25)26)21-15(27)24-7-5-23(6-8-24)14-20-10(2)9-12(22-14)16(17,18)19/h9,11H,3-8H2,1-2H3,(H,21,27)(H,25,26). The second kappa shape index (κ2) is 8.40. The second-order valence-corrected chi connectivity index (χ2v) is 6.30. The van der Waals surface area contributed by atoms with E-state index in [9.17, 15) is 22.8 Å². The predicted molar refractivity (Wildman–Crippen MR) is 90.4 cm³/mol. The number of hydrogen-bond donors (Lipinski definition) is 2. The number of halogens is 3. The molecule has 1 aromatic rings. The van der Waals surface area contributed by atoms with Crippen LogP contribution in [0.15, 0.2) is 6.07 Å². The molecule has 150 valence electrons. The Hall–Kier alpha value is -2.59. The summed E-state index contributed by atoms with van der Waals surface area (Å²) in [6, 6.07) is -0.584. The van der Waals surface area contributed by atoms with Gasteiger partial charge in [-0.1, -0.05) is 13.3 Å². The zero-order chi connectivity index (χ0) is 20.2. The van der Waals surface area contributed by atoms with Gasteiger partial charge < -0.3 is 20.2 Å². The van der Waals surface area contributed by atoms with Crippen LogP contribution in [0.4, 0.5) is 23.9 Å². The Morgan fingerprint density at radius 2 is 1.89 bits per heavy atom. The van der Waals surface area contributed by atoms with Gasteiger partial charge in [0.1, 0.15) is 11.7 Å². The number of aromatic nitrogens is 2. The molecule has 2 amide bonds. The number of urea groups is 1. The second-order valence-electron chi connectivity index (χ2n) is 6.30. The number of nitrogens with one attached hydrogen (secondary N) is 1. The molecule has 0 aromatic carbocycles. The first-order valence-corrected chi connectivity index (χ1v) is 8.58. The number of aliphatic carboxylic acids is 1. The molecular weight excluding hydrogens is 367 g/mol. The Morgan fingerprint density at radius 3 is 2.41 bits per heavy atom. The van der Waals surface area contributed by atoms with E-state index in [4.69, 9.17) is 5.11 Å². The van der Waals surface area contributed by atoms with Gasteiger partial charge in [0.05, 0.1) is 0 Å². The fraction of sp³-hybridized carbons (Fsp3) is 0.625. The largest absolute Gasteiger partial charge is 0.480 e. The van der Waals surface area contributed by atoms with E-state index in [0.29, 0.717) is 12.8 Å². The van der Waals surface area contributed by atoms with Gasteiger partial charge in [0.25, 0.3) is 0 Å². The summed E-state index contributed by atoms with van der Waals surface area (Å²) >= 11 is 0. The van der Waals surface area contributed by atoms with Crippen LogP contribution in [0.3, 0.4) is 0 Å². The van der Waals surface area contributed by atoms with Gasteiger partial charge in [-0.3, -0.25) is 0 Å². The highest BCUT2D eigenvalue weighted by atomic mass is 19.4. The summed E-state index contributed by atoms with van der Waals surface area (Å²) in [5, 5.41) is 11.6. The van der Waals surface area contributed by atoms with Crippen molar-refractivity contribution in [3.05, 3.63) is 17.5 Å². The summed E-state index contributed by atoms with van der Waals surface area (Å²) in [7, 11) is 0. The number of rotatable bonds is 5. The zero-order valence-corrected chi connectivity index (χ0v) is 15.1. The van der Waals surface area contributed by atoms with E-state index >= 15 is 0 Å². The number of nitrogens with zero attached hydrogens (tertiary/aromatic N) is 4. The summed E-state index contributed by atoms with van der Waals surface area (Å²) in [6.45, 7) is 4.23. The molecule has 1 unspecified atom stereocenters. The first-order valence-electron chi connectivity index (χ1n) is 8.58. The maximum Gasteiger partial charge on any atom is 0.433 e. The van der Waals surface area contributed by atoms with Crippen molar-refractivity contribution in [1.82, 2.24) is 20.2 Å². The van der Waals surface area contributed by atoms with Crippen LogP contribution >= 0.6 is 0 Å². The fourth-order valence-corrected chi connectivity index (χ4v) is 2.74. The monoisotopic (exact) mass is 389 g/mol. The number of carbonyl (C=O) groups is 2. The number of piperazine rings is 1. The summed E-state index contributed by atoms with van der Waals surface area (Å²) in [5.41, 5.74) is -0.801. The lowest BCUT2D eigenvalue weighted by atomic mass is 10.2. The highest BCUT2D eigenvalue weighted by molar-refractivity contribution is 5.82. The van der Waals surface area contributed by atoms with Gasteiger partial charge in [0.15, 0.2) is 0 Å². The molecule has 1 aliphatic heterocycles. The Kier molecular flexibility index (Phi) is 6.45. The molecule has 1 aromatic heterocycles. The lowest BCUT2D eigenvalue weighted by Crippen LogP contribution is -2.55. The van der Waals surface area contributed by atoms with E-state index in [1.807, 2.05) is 6.92 Å². The van der Waals surface area contributed by atoms with Crippen molar-refractivity contribution in [2.75, 3.05) is 31.1 Å². The van der Waals surface area contributed by atoms with Crippen molar-refractivity contribution in [3.63, 3.8) is 0 Å². The van der Waals surface area contributed by atoms with Crippen LogP contribution in [0.25, 0.3) is 0 Å². The average molecular weight is 389 g/mol. The van der Waals surface area contributed by atoms with Gasteiger partial charge in [-0.15, -0.1) is 0 Å². The van der Waals surface area contributed by atoms with Crippen LogP contribution in [0.2, 0.25) is 0 Å². The number of aryl methyl sites for hydroxylation is 1. The van der Waals surface area contributed by atoms with Crippen molar-refractivity contribution in [2.45, 2.75) is 38.9 Å². The molecule has 0 aliphatic carbocycles. The third-order valence-corrected chi connectivity index (χ3v) is 4.16. The van der Waals surface area contributed by atoms with E-state index in [-0.39, 0.29) is 37.8 Å². The minimum absolute atomic E-state index is 0.0308. The topological polar surface area (TPSA) is 98.7 Å². The van der Waals surface area contributed by atoms with Gasteiger partial charge in [-0.25, -0.2) is 19.6 Å². The molecule has 0 saturated carbocycles. The average Bonchev–Trinajstić information content (AvgIpc) is 2.60. The van der Waals surface area contributed by atoms with Crippen molar-refractivity contribution < 1.29 is 27.9 Å². The molecule has 1 aliphatic rings. The summed E-state index contributed by atoms with van der Waals surface area (Å²) < 4.78 is 38.7. The number of carboxylic acid groups (broad SMARTS) is 1. The Bertz CT molecular complexity index is 690. The minimum Gasteiger partial charge on any atom is -0.480 e. The van der Waals surface area contributed by atoms with Crippen LogP contribution in [0.1, 0.15) is 31.2 Å². The molecule has 1 fully saturated rings. The van der Waals surface area contributed by atoms with Crippen molar-refractivity contribution >= 4 is 17.9 Å². The lowest BCUT2D eigenvalue weighted by Gasteiger charge is -2.35. The van der Waals surface area contributed by atoms with Gasteiger partial charge in [0.2, 0.25) is 5.95 Å². The van der Waals surface area contributed by atoms with Crippen LogP contribution in [0, 0.1) is 6.92 Å². The minimum atomic E-state index is -4.56. The van der Waals surface area contributed by atoms with Crippen LogP contribution in [0.5, 0.6) is 0 Å². The van der Waals surface area contributed by atoms with Crippen molar-refractivity contribution in [1.29, 1.82) is 0 Å². The normalized spacial score (nSPS) is 16.2. The molecule has 0 spiro atoms. The molecule has 2 N–H and O–H groups in total. The molecule has 2 rings (SSSR count). The van der Waals surface area contributed by atoms with E-state index in [1.165, 1.54) is 11.8 Å². The quantitative estimate of drug-likeness (QED) is 0.798. The first-order chi connectivity index (χ1) is 12.6. The Labute approximate surface area is 154 Å². The van der Waals surface area contributed by atoms with Gasteiger partial charge in [-0.05, 0) is 19.4 Å². The number of alkyl halides is 3. The first kappa shape index (κ1) is 20.7. The van der Waals surface area contributed by atoms with Crippen LogP contribution < -0.4 is 10.2 Å².